The number of hydrogen-bond acceptors (Lipinski definition) is 9. The second kappa shape index (κ2) is 11.3. The van der Waals surface area contributed by atoms with Gasteiger partial charge in [-0.15, -0.1) is 0 Å². The van der Waals surface area contributed by atoms with E-state index in [9.17, 15) is 14.4 Å². The van der Waals surface area contributed by atoms with Crippen molar-refractivity contribution in [1.82, 2.24) is 20.7 Å². The summed E-state index contributed by atoms with van der Waals surface area (Å²) in [5.41, 5.74) is 2.34. The monoisotopic (exact) mass is 522 g/mol. The quantitative estimate of drug-likeness (QED) is 0.398. The standard InChI is InChI=1S/C25H43BN4O7/c1-23(2,3)35-22(33)27-19(20(31)30-14-10-12-18(28-30)21(32)34-8)16-29-13-9-11-17(15-29)26-36-24(4,5)25(6,7)37-26/h11,18-19,28H,9-10,12-16H2,1-8H3,(H,27,33)/t18-,19?/m0/s1. The van der Waals surface area contributed by atoms with Crippen LogP contribution in [0.2, 0.25) is 0 Å². The van der Waals surface area contributed by atoms with Crippen LogP contribution >= 0.6 is 0 Å². The number of esters is 1. The minimum absolute atomic E-state index is 0.260. The smallest absolute Gasteiger partial charge is 0.468 e. The first kappa shape index (κ1) is 29.4. The second-order valence-corrected chi connectivity index (χ2v) is 11.9. The molecule has 0 saturated carbocycles. The fourth-order valence-electron chi connectivity index (χ4n) is 4.49. The first-order chi connectivity index (χ1) is 17.1. The first-order valence-corrected chi connectivity index (χ1v) is 13.0. The molecule has 2 saturated heterocycles. The van der Waals surface area contributed by atoms with Gasteiger partial charge in [-0.1, -0.05) is 6.08 Å². The van der Waals surface area contributed by atoms with Crippen LogP contribution in [-0.2, 0) is 28.4 Å². The van der Waals surface area contributed by atoms with Gasteiger partial charge >= 0.3 is 19.2 Å². The second-order valence-electron chi connectivity index (χ2n) is 11.9. The molecule has 0 aromatic rings. The number of amides is 2. The van der Waals surface area contributed by atoms with E-state index in [0.717, 1.165) is 11.9 Å². The van der Waals surface area contributed by atoms with E-state index >= 15 is 0 Å². The number of carbonyl (C=O) groups is 3. The highest BCUT2D eigenvalue weighted by Gasteiger charge is 2.52. The van der Waals surface area contributed by atoms with Crippen molar-refractivity contribution in [2.45, 2.75) is 96.6 Å². The van der Waals surface area contributed by atoms with Gasteiger partial charge < -0.3 is 24.1 Å². The number of ether oxygens (including phenoxy) is 2. The Kier molecular flexibility index (Phi) is 8.99. The van der Waals surface area contributed by atoms with Gasteiger partial charge in [0.05, 0.1) is 18.3 Å². The van der Waals surface area contributed by atoms with Crippen LogP contribution in [0, 0.1) is 0 Å². The van der Waals surface area contributed by atoms with Crippen molar-refractivity contribution in [3.05, 3.63) is 11.5 Å². The summed E-state index contributed by atoms with van der Waals surface area (Å²) in [6.07, 6.45) is 3.42. The van der Waals surface area contributed by atoms with E-state index in [1.54, 1.807) is 20.8 Å². The largest absolute Gasteiger partial charge is 0.491 e. The van der Waals surface area contributed by atoms with Crippen molar-refractivity contribution < 1.29 is 33.2 Å². The van der Waals surface area contributed by atoms with Crippen LogP contribution in [0.15, 0.2) is 11.5 Å². The minimum atomic E-state index is -0.892. The molecular weight excluding hydrogens is 479 g/mol. The van der Waals surface area contributed by atoms with Gasteiger partial charge in [0.1, 0.15) is 17.7 Å². The summed E-state index contributed by atoms with van der Waals surface area (Å²) in [5, 5.41) is 4.16. The lowest BCUT2D eigenvalue weighted by Gasteiger charge is -2.37. The van der Waals surface area contributed by atoms with E-state index in [0.29, 0.717) is 32.5 Å². The van der Waals surface area contributed by atoms with Gasteiger partial charge in [0.2, 0.25) is 0 Å². The van der Waals surface area contributed by atoms with E-state index in [4.69, 9.17) is 18.8 Å². The Balaban J connectivity index is 1.72. The average molecular weight is 522 g/mol. The molecule has 11 nitrogen and oxygen atoms in total. The van der Waals surface area contributed by atoms with Crippen molar-refractivity contribution in [3.8, 4) is 0 Å². The van der Waals surface area contributed by atoms with Crippen molar-refractivity contribution in [2.75, 3.05) is 33.3 Å². The number of hydrogen-bond donors (Lipinski definition) is 2. The maximum atomic E-state index is 13.6. The van der Waals surface area contributed by atoms with Gasteiger partial charge in [0, 0.05) is 26.2 Å². The van der Waals surface area contributed by atoms with Crippen molar-refractivity contribution in [2.24, 2.45) is 0 Å². The van der Waals surface area contributed by atoms with Gasteiger partial charge in [-0.3, -0.25) is 19.5 Å². The highest BCUT2D eigenvalue weighted by Crippen LogP contribution is 2.39. The molecule has 2 fully saturated rings. The Labute approximate surface area is 220 Å². The molecule has 0 aromatic heterocycles. The molecule has 1 unspecified atom stereocenters. The molecule has 3 aliphatic rings. The number of nitrogens with zero attached hydrogens (tertiary/aromatic N) is 2. The summed E-state index contributed by atoms with van der Waals surface area (Å²) in [6.45, 7) is 15.3. The third-order valence-corrected chi connectivity index (χ3v) is 7.18. The number of methoxy groups -OCH3 is 1. The summed E-state index contributed by atoms with van der Waals surface area (Å²) >= 11 is 0. The Hall–Kier alpha value is -2.15. The lowest BCUT2D eigenvalue weighted by atomic mass is 9.76. The normalized spacial score (nSPS) is 24.8. The molecule has 0 aromatic carbocycles. The van der Waals surface area contributed by atoms with E-state index in [2.05, 4.69) is 21.7 Å². The van der Waals surface area contributed by atoms with Gasteiger partial charge in [0.25, 0.3) is 5.91 Å². The van der Waals surface area contributed by atoms with Gasteiger partial charge in [0.15, 0.2) is 0 Å². The molecule has 3 aliphatic heterocycles. The van der Waals surface area contributed by atoms with E-state index in [1.807, 2.05) is 27.7 Å². The van der Waals surface area contributed by atoms with Crippen LogP contribution in [-0.4, -0.2) is 97.2 Å². The maximum Gasteiger partial charge on any atom is 0.491 e. The molecule has 0 bridgehead atoms. The van der Waals surface area contributed by atoms with Crippen LogP contribution in [0.4, 0.5) is 4.79 Å². The van der Waals surface area contributed by atoms with Gasteiger partial charge in [-0.25, -0.2) is 10.2 Å². The maximum absolute atomic E-state index is 13.6. The Morgan fingerprint density at radius 2 is 1.84 bits per heavy atom. The Morgan fingerprint density at radius 1 is 1.19 bits per heavy atom. The highest BCUT2D eigenvalue weighted by atomic mass is 16.7. The number of nitrogens with one attached hydrogen (secondary N) is 2. The molecule has 2 N–H and O–H groups in total. The van der Waals surface area contributed by atoms with Crippen molar-refractivity contribution in [3.63, 3.8) is 0 Å². The molecule has 12 heteroatoms. The van der Waals surface area contributed by atoms with E-state index in [-0.39, 0.29) is 12.5 Å². The number of rotatable bonds is 6. The number of alkyl carbamates (subject to hydrolysis) is 1. The molecular formula is C25H43BN4O7. The molecule has 37 heavy (non-hydrogen) atoms. The summed E-state index contributed by atoms with van der Waals surface area (Å²) in [5.74, 6) is -0.770. The fourth-order valence-corrected chi connectivity index (χ4v) is 4.49. The number of carbonyl (C=O) groups excluding carboxylic acids is 3. The molecule has 0 aliphatic carbocycles. The first-order valence-electron chi connectivity index (χ1n) is 13.0. The average Bonchev–Trinajstić information content (AvgIpc) is 3.03. The molecule has 0 radical (unpaired) electrons. The third-order valence-electron chi connectivity index (χ3n) is 7.18. The van der Waals surface area contributed by atoms with Crippen LogP contribution in [0.1, 0.15) is 67.7 Å². The summed E-state index contributed by atoms with van der Waals surface area (Å²) in [6, 6.07) is -1.51. The summed E-state index contributed by atoms with van der Waals surface area (Å²) < 4.78 is 22.7. The third kappa shape index (κ3) is 7.46. The lowest BCUT2D eigenvalue weighted by Crippen LogP contribution is -2.62. The molecule has 3 heterocycles. The van der Waals surface area contributed by atoms with E-state index in [1.165, 1.54) is 12.1 Å². The molecule has 0 spiro atoms. The fraction of sp³-hybridized carbons (Fsp3) is 0.800. The SMILES string of the molecule is COC(=O)[C@@H]1CCCN(C(=O)C(CN2CCC=C(B3OC(C)(C)C(C)(C)O3)C2)NC(=O)OC(C)(C)C)N1. The van der Waals surface area contributed by atoms with Crippen molar-refractivity contribution in [1.29, 1.82) is 0 Å². The highest BCUT2D eigenvalue weighted by molar-refractivity contribution is 6.54. The van der Waals surface area contributed by atoms with Gasteiger partial charge in [-0.2, -0.15) is 0 Å². The molecule has 2 atom stereocenters. The van der Waals surface area contributed by atoms with Crippen LogP contribution < -0.4 is 10.7 Å². The van der Waals surface area contributed by atoms with Crippen LogP contribution in [0.25, 0.3) is 0 Å². The Bertz CT molecular complexity index is 886. The van der Waals surface area contributed by atoms with E-state index < -0.39 is 48.1 Å². The zero-order chi connectivity index (χ0) is 27.6. The minimum Gasteiger partial charge on any atom is -0.468 e. The van der Waals surface area contributed by atoms with Gasteiger partial charge in [-0.05, 0) is 73.2 Å². The predicted octanol–water partition coefficient (Wildman–Crippen LogP) is 1.81. The van der Waals surface area contributed by atoms with Crippen LogP contribution in [0.3, 0.4) is 0 Å². The number of hydrazine groups is 1. The zero-order valence-electron chi connectivity index (χ0n) is 23.5. The molecule has 3 rings (SSSR count). The van der Waals surface area contributed by atoms with Crippen molar-refractivity contribution >= 4 is 25.1 Å². The summed E-state index contributed by atoms with van der Waals surface area (Å²) in [7, 11) is 0.851. The Morgan fingerprint density at radius 3 is 2.43 bits per heavy atom. The molecule has 208 valence electrons. The topological polar surface area (TPSA) is 119 Å². The summed E-state index contributed by atoms with van der Waals surface area (Å²) in [4.78, 5) is 40.4. The zero-order valence-corrected chi connectivity index (χ0v) is 23.5. The molecule has 2 amide bonds. The predicted molar refractivity (Wildman–Crippen MR) is 138 cm³/mol. The van der Waals surface area contributed by atoms with Crippen LogP contribution in [0.5, 0.6) is 0 Å². The lowest BCUT2D eigenvalue weighted by molar-refractivity contribution is -0.150.